The van der Waals surface area contributed by atoms with Gasteiger partial charge < -0.3 is 13.3 Å². The summed E-state index contributed by atoms with van der Waals surface area (Å²) >= 11 is 0. The number of aromatic nitrogens is 3. The summed E-state index contributed by atoms with van der Waals surface area (Å²) in [5.41, 5.74) is 9.68. The van der Waals surface area contributed by atoms with Crippen molar-refractivity contribution in [3.63, 3.8) is 0 Å². The minimum atomic E-state index is 0.541. The van der Waals surface area contributed by atoms with Gasteiger partial charge in [0.1, 0.15) is 33.5 Å². The Morgan fingerprint density at radius 2 is 0.873 bits per heavy atom. The van der Waals surface area contributed by atoms with Gasteiger partial charge in [-0.1, -0.05) is 109 Å². The van der Waals surface area contributed by atoms with Crippen molar-refractivity contribution in [2.75, 3.05) is 0 Å². The van der Waals surface area contributed by atoms with Crippen molar-refractivity contribution in [3.8, 4) is 45.3 Å². The van der Waals surface area contributed by atoms with Gasteiger partial charge in [0.15, 0.2) is 17.5 Å². The van der Waals surface area contributed by atoms with Crippen LogP contribution in [0.1, 0.15) is 0 Å². The Kier molecular flexibility index (Phi) is 6.24. The van der Waals surface area contributed by atoms with Gasteiger partial charge in [-0.2, -0.15) is 0 Å². The maximum atomic E-state index is 6.71. The highest BCUT2D eigenvalue weighted by molar-refractivity contribution is 6.22. The van der Waals surface area contributed by atoms with Crippen molar-refractivity contribution in [1.29, 1.82) is 0 Å². The predicted octanol–water partition coefficient (Wildman–Crippen LogP) is 13.4. The molecule has 0 saturated heterocycles. The van der Waals surface area contributed by atoms with Crippen LogP contribution in [0, 0.1) is 0 Å². The zero-order valence-electron chi connectivity index (χ0n) is 29.2. The molecule has 0 amide bonds. The molecule has 0 spiro atoms. The summed E-state index contributed by atoms with van der Waals surface area (Å²) < 4.78 is 19.2. The second-order valence-electron chi connectivity index (χ2n) is 13.9. The van der Waals surface area contributed by atoms with Gasteiger partial charge in [0.2, 0.25) is 0 Å². The summed E-state index contributed by atoms with van der Waals surface area (Å²) in [7, 11) is 0. The molecule has 6 nitrogen and oxygen atoms in total. The van der Waals surface area contributed by atoms with Crippen LogP contribution >= 0.6 is 0 Å². The first-order valence-corrected chi connectivity index (χ1v) is 18.3. The van der Waals surface area contributed by atoms with E-state index in [-0.39, 0.29) is 0 Å². The maximum absolute atomic E-state index is 6.71. The van der Waals surface area contributed by atoms with Gasteiger partial charge in [-0.15, -0.1) is 0 Å². The Bertz CT molecular complexity index is 3500. The summed E-state index contributed by atoms with van der Waals surface area (Å²) in [6.07, 6.45) is 0. The number of para-hydroxylation sites is 2. The highest BCUT2D eigenvalue weighted by Crippen LogP contribution is 2.43. The molecule has 4 aromatic heterocycles. The monoisotopic (exact) mass is 705 g/mol. The molecule has 0 aliphatic heterocycles. The lowest BCUT2D eigenvalue weighted by molar-refractivity contribution is 0.668. The lowest BCUT2D eigenvalue weighted by Gasteiger charge is -2.10. The van der Waals surface area contributed by atoms with E-state index in [1.165, 1.54) is 0 Å². The Morgan fingerprint density at radius 1 is 0.291 bits per heavy atom. The first-order chi connectivity index (χ1) is 27.2. The number of fused-ring (bicyclic) bond motifs is 11. The zero-order chi connectivity index (χ0) is 36.0. The van der Waals surface area contributed by atoms with Gasteiger partial charge in [0, 0.05) is 54.4 Å². The summed E-state index contributed by atoms with van der Waals surface area (Å²) in [5.74, 6) is 1.64. The molecule has 0 atom stereocenters. The first kappa shape index (κ1) is 29.9. The Labute approximate surface area is 312 Å². The Hall–Kier alpha value is -7.57. The topological polar surface area (TPSA) is 78.1 Å². The maximum Gasteiger partial charge on any atom is 0.164 e. The van der Waals surface area contributed by atoms with Crippen LogP contribution in [0.25, 0.3) is 122 Å². The molecule has 0 radical (unpaired) electrons. The van der Waals surface area contributed by atoms with E-state index in [4.69, 9.17) is 28.2 Å². The SMILES string of the molecule is c1ccc(-c2cc3c(oc4cccc(-c5nc(-c6ccc7c(c6)oc6ccccc67)nc(-c6ccc7oc8ccccc8c7c6)n5)c43)c3ccccc23)cc1. The van der Waals surface area contributed by atoms with Crippen molar-refractivity contribution in [3.05, 3.63) is 164 Å². The third-order valence-corrected chi connectivity index (χ3v) is 10.7. The number of rotatable bonds is 4. The van der Waals surface area contributed by atoms with Crippen molar-refractivity contribution in [2.45, 2.75) is 0 Å². The molecule has 0 saturated carbocycles. The Morgan fingerprint density at radius 3 is 1.67 bits per heavy atom. The smallest absolute Gasteiger partial charge is 0.164 e. The fourth-order valence-corrected chi connectivity index (χ4v) is 8.18. The molecule has 12 rings (SSSR count). The lowest BCUT2D eigenvalue weighted by Crippen LogP contribution is -2.00. The van der Waals surface area contributed by atoms with E-state index >= 15 is 0 Å². The fourth-order valence-electron chi connectivity index (χ4n) is 8.18. The summed E-state index contributed by atoms with van der Waals surface area (Å²) in [6.45, 7) is 0. The highest BCUT2D eigenvalue weighted by atomic mass is 16.3. The van der Waals surface area contributed by atoms with Gasteiger partial charge in [0.25, 0.3) is 0 Å². The minimum Gasteiger partial charge on any atom is -0.456 e. The molecule has 0 aliphatic rings. The van der Waals surface area contributed by atoms with Crippen LogP contribution in [-0.2, 0) is 0 Å². The van der Waals surface area contributed by atoms with E-state index in [2.05, 4.69) is 91.0 Å². The van der Waals surface area contributed by atoms with Gasteiger partial charge in [0.05, 0.1) is 0 Å². The third-order valence-electron chi connectivity index (χ3n) is 10.7. The van der Waals surface area contributed by atoms with E-state index in [1.807, 2.05) is 72.8 Å². The molecule has 6 heteroatoms. The third kappa shape index (κ3) is 4.58. The van der Waals surface area contributed by atoms with Crippen molar-refractivity contribution in [1.82, 2.24) is 15.0 Å². The minimum absolute atomic E-state index is 0.541. The molecule has 0 bridgehead atoms. The number of furan rings is 3. The van der Waals surface area contributed by atoms with Crippen LogP contribution in [0.5, 0.6) is 0 Å². The van der Waals surface area contributed by atoms with Crippen molar-refractivity contribution in [2.24, 2.45) is 0 Å². The fraction of sp³-hybridized carbons (Fsp3) is 0. The average Bonchev–Trinajstić information content (AvgIpc) is 3.94. The lowest BCUT2D eigenvalue weighted by atomic mass is 9.94. The van der Waals surface area contributed by atoms with Crippen molar-refractivity contribution < 1.29 is 13.3 Å². The molecule has 4 heterocycles. The van der Waals surface area contributed by atoms with Crippen molar-refractivity contribution >= 4 is 76.6 Å². The van der Waals surface area contributed by atoms with Gasteiger partial charge in [-0.3, -0.25) is 0 Å². The molecule has 55 heavy (non-hydrogen) atoms. The molecule has 0 N–H and O–H groups in total. The van der Waals surface area contributed by atoms with E-state index in [1.54, 1.807) is 0 Å². The van der Waals surface area contributed by atoms with Gasteiger partial charge >= 0.3 is 0 Å². The molecule has 0 fully saturated rings. The van der Waals surface area contributed by atoms with E-state index in [0.29, 0.717) is 17.5 Å². The second kappa shape index (κ2) is 11.5. The largest absolute Gasteiger partial charge is 0.456 e. The molecular formula is C49H27N3O3. The van der Waals surface area contributed by atoms with Crippen LogP contribution in [0.4, 0.5) is 0 Å². The normalized spacial score (nSPS) is 12.0. The summed E-state index contributed by atoms with van der Waals surface area (Å²) in [4.78, 5) is 15.6. The van der Waals surface area contributed by atoms with Crippen LogP contribution in [0.2, 0.25) is 0 Å². The number of hydrogen-bond acceptors (Lipinski definition) is 6. The molecule has 12 aromatic rings. The van der Waals surface area contributed by atoms with E-state index in [9.17, 15) is 0 Å². The zero-order valence-corrected chi connectivity index (χ0v) is 29.2. The average molecular weight is 706 g/mol. The Balaban J connectivity index is 1.13. The van der Waals surface area contributed by atoms with E-state index in [0.717, 1.165) is 104 Å². The number of benzene rings is 8. The number of hydrogen-bond donors (Lipinski definition) is 0. The standard InChI is InChI=1S/C49H27N3O3/c1-2-11-28(12-3-1)37-27-39-45-36(17-10-20-43(45)55-46(39)35-16-5-4-13-31(35)37)49-51-47(29-22-24-42-38(25-29)33-15-7-9-19-41(33)53-42)50-48(52-49)30-21-23-34-32-14-6-8-18-40(32)54-44(34)26-30/h1-27H. The molecule has 256 valence electrons. The van der Waals surface area contributed by atoms with Gasteiger partial charge in [-0.25, -0.2) is 15.0 Å². The highest BCUT2D eigenvalue weighted by Gasteiger charge is 2.21. The molecule has 0 aliphatic carbocycles. The van der Waals surface area contributed by atoms with Gasteiger partial charge in [-0.05, 0) is 71.1 Å². The second-order valence-corrected chi connectivity index (χ2v) is 13.9. The number of nitrogens with zero attached hydrogens (tertiary/aromatic N) is 3. The summed E-state index contributed by atoms with van der Waals surface area (Å²) in [6, 6.07) is 55.8. The molecule has 8 aromatic carbocycles. The quantitative estimate of drug-likeness (QED) is 0.181. The van der Waals surface area contributed by atoms with E-state index < -0.39 is 0 Å². The van der Waals surface area contributed by atoms with Crippen LogP contribution in [-0.4, -0.2) is 15.0 Å². The summed E-state index contributed by atoms with van der Waals surface area (Å²) in [5, 5.41) is 8.30. The van der Waals surface area contributed by atoms with Crippen LogP contribution in [0.15, 0.2) is 177 Å². The van der Waals surface area contributed by atoms with Crippen LogP contribution in [0.3, 0.4) is 0 Å². The molecule has 0 unspecified atom stereocenters. The molecular weight excluding hydrogens is 679 g/mol. The van der Waals surface area contributed by atoms with Crippen LogP contribution < -0.4 is 0 Å². The first-order valence-electron chi connectivity index (χ1n) is 18.3. The predicted molar refractivity (Wildman–Crippen MR) is 221 cm³/mol.